The Morgan fingerprint density at radius 2 is 2.11 bits per heavy atom. The predicted octanol–water partition coefficient (Wildman–Crippen LogP) is 1.49. The van der Waals surface area contributed by atoms with Crippen molar-refractivity contribution in [2.45, 2.75) is 6.42 Å². The Morgan fingerprint density at radius 3 is 2.63 bits per heavy atom. The molecule has 0 saturated heterocycles. The zero-order chi connectivity index (χ0) is 14.4. The molecule has 3 N–H and O–H groups in total. The summed E-state index contributed by atoms with van der Waals surface area (Å²) in [4.78, 5) is 14.0. The minimum atomic E-state index is -0.120. The Hall–Kier alpha value is -1.47. The van der Waals surface area contributed by atoms with Gasteiger partial charge in [0.1, 0.15) is 15.6 Å². The number of nitrogens with one attached hydrogen (secondary N) is 1. The molecule has 0 atom stereocenters. The second-order valence-electron chi connectivity index (χ2n) is 4.18. The zero-order valence-corrected chi connectivity index (χ0v) is 12.6. The van der Waals surface area contributed by atoms with Gasteiger partial charge in [0.05, 0.1) is 7.11 Å². The highest BCUT2D eigenvalue weighted by Gasteiger charge is 2.22. The van der Waals surface area contributed by atoms with Crippen molar-refractivity contribution in [3.63, 3.8) is 0 Å². The summed E-state index contributed by atoms with van der Waals surface area (Å²) in [7, 11) is 6.60. The Balaban J connectivity index is 2.86. The van der Waals surface area contributed by atoms with Gasteiger partial charge in [0.2, 0.25) is 0 Å². The summed E-state index contributed by atoms with van der Waals surface area (Å²) in [5, 5.41) is 4.00. The van der Waals surface area contributed by atoms with E-state index in [0.29, 0.717) is 22.9 Å². The van der Waals surface area contributed by atoms with E-state index in [-0.39, 0.29) is 5.91 Å². The fourth-order valence-electron chi connectivity index (χ4n) is 1.53. The second-order valence-corrected chi connectivity index (χ2v) is 5.20. The maximum Gasteiger partial charge on any atom is 0.265 e. The van der Waals surface area contributed by atoms with Gasteiger partial charge in [0, 0.05) is 34.4 Å². The molecule has 0 fully saturated rings. The number of nitrogen functional groups attached to an aromatic ring is 1. The molecular formula is C12H21N3O3S. The van der Waals surface area contributed by atoms with Gasteiger partial charge in [-0.05, 0) is 6.42 Å². The summed E-state index contributed by atoms with van der Waals surface area (Å²) in [5.74, 6) is 0.415. The van der Waals surface area contributed by atoms with Gasteiger partial charge in [-0.1, -0.05) is 0 Å². The van der Waals surface area contributed by atoms with E-state index in [1.54, 1.807) is 28.3 Å². The summed E-state index contributed by atoms with van der Waals surface area (Å²) >= 11 is 1.31. The average Bonchev–Trinajstić information content (AvgIpc) is 2.70. The maximum atomic E-state index is 12.0. The molecule has 0 radical (unpaired) electrons. The van der Waals surface area contributed by atoms with Gasteiger partial charge >= 0.3 is 0 Å². The molecule has 1 rings (SSSR count). The van der Waals surface area contributed by atoms with Crippen LogP contribution in [-0.2, 0) is 4.74 Å². The van der Waals surface area contributed by atoms with Crippen molar-refractivity contribution >= 4 is 27.9 Å². The van der Waals surface area contributed by atoms with E-state index in [0.717, 1.165) is 18.0 Å². The van der Waals surface area contributed by atoms with Crippen LogP contribution in [0.2, 0.25) is 0 Å². The highest BCUT2D eigenvalue weighted by atomic mass is 32.1. The third-order valence-electron chi connectivity index (χ3n) is 2.51. The molecule has 1 aromatic heterocycles. The van der Waals surface area contributed by atoms with Crippen LogP contribution in [0.1, 0.15) is 16.1 Å². The minimum Gasteiger partial charge on any atom is -0.492 e. The number of carbonyl (C=O) groups excluding carboxylic acids is 1. The minimum absolute atomic E-state index is 0.120. The van der Waals surface area contributed by atoms with Crippen LogP contribution in [-0.4, -0.2) is 52.3 Å². The lowest BCUT2D eigenvalue weighted by atomic mass is 10.3. The number of nitrogens with zero attached hydrogens (tertiary/aromatic N) is 1. The summed E-state index contributed by atoms with van der Waals surface area (Å²) < 4.78 is 10.2. The van der Waals surface area contributed by atoms with Crippen LogP contribution in [0.25, 0.3) is 0 Å². The molecule has 6 nitrogen and oxygen atoms in total. The summed E-state index contributed by atoms with van der Waals surface area (Å²) in [6.45, 7) is 1.42. The van der Waals surface area contributed by atoms with Gasteiger partial charge in [-0.3, -0.25) is 4.79 Å². The molecule has 1 heterocycles. The van der Waals surface area contributed by atoms with E-state index in [2.05, 4.69) is 5.32 Å². The molecule has 0 aliphatic carbocycles. The highest BCUT2D eigenvalue weighted by molar-refractivity contribution is 7.19. The molecule has 0 unspecified atom stereocenters. The second kappa shape index (κ2) is 7.20. The lowest BCUT2D eigenvalue weighted by Crippen LogP contribution is -2.21. The first-order chi connectivity index (χ1) is 9.02. The largest absolute Gasteiger partial charge is 0.492 e. The van der Waals surface area contributed by atoms with Crippen molar-refractivity contribution in [3.8, 4) is 5.75 Å². The van der Waals surface area contributed by atoms with Gasteiger partial charge < -0.3 is 25.4 Å². The number of thiophene rings is 1. The number of carbonyl (C=O) groups is 1. The topological polar surface area (TPSA) is 76.8 Å². The maximum absolute atomic E-state index is 12.0. The number of hydrogen-bond donors (Lipinski definition) is 2. The fourth-order valence-corrected chi connectivity index (χ4v) is 2.67. The smallest absolute Gasteiger partial charge is 0.265 e. The van der Waals surface area contributed by atoms with Crippen LogP contribution < -0.4 is 15.8 Å². The molecule has 0 aliphatic rings. The van der Waals surface area contributed by atoms with E-state index < -0.39 is 0 Å². The van der Waals surface area contributed by atoms with Gasteiger partial charge in [-0.15, -0.1) is 11.3 Å². The van der Waals surface area contributed by atoms with Gasteiger partial charge in [0.15, 0.2) is 5.75 Å². The van der Waals surface area contributed by atoms with Crippen LogP contribution in [0, 0.1) is 0 Å². The molecule has 0 aliphatic heterocycles. The third-order valence-corrected chi connectivity index (χ3v) is 3.65. The van der Waals surface area contributed by atoms with Crippen LogP contribution in [0.15, 0.2) is 0 Å². The van der Waals surface area contributed by atoms with Crippen LogP contribution >= 0.6 is 11.3 Å². The van der Waals surface area contributed by atoms with Gasteiger partial charge in [-0.2, -0.15) is 0 Å². The number of anilines is 2. The monoisotopic (exact) mass is 287 g/mol. The van der Waals surface area contributed by atoms with E-state index >= 15 is 0 Å². The first kappa shape index (κ1) is 15.6. The first-order valence-electron chi connectivity index (χ1n) is 5.93. The van der Waals surface area contributed by atoms with Gasteiger partial charge in [0.25, 0.3) is 5.91 Å². The summed E-state index contributed by atoms with van der Waals surface area (Å²) in [5.41, 5.74) is 6.35. The van der Waals surface area contributed by atoms with E-state index in [1.807, 2.05) is 0 Å². The van der Waals surface area contributed by atoms with Crippen LogP contribution in [0.5, 0.6) is 5.75 Å². The van der Waals surface area contributed by atoms with E-state index in [1.165, 1.54) is 16.2 Å². The van der Waals surface area contributed by atoms with Crippen LogP contribution in [0.4, 0.5) is 10.7 Å². The normalized spacial score (nSPS) is 10.3. The molecule has 0 spiro atoms. The van der Waals surface area contributed by atoms with E-state index in [4.69, 9.17) is 15.2 Å². The van der Waals surface area contributed by atoms with Crippen molar-refractivity contribution in [3.05, 3.63) is 4.88 Å². The molecule has 0 aromatic carbocycles. The zero-order valence-electron chi connectivity index (χ0n) is 11.8. The summed E-state index contributed by atoms with van der Waals surface area (Å²) in [6, 6.07) is 0. The molecule has 108 valence electrons. The molecule has 1 amide bonds. The molecule has 0 saturated carbocycles. The molecule has 7 heteroatoms. The Kier molecular flexibility index (Phi) is 5.91. The SMILES string of the molecule is COCCCNc1sc(C(=O)N(C)C)c(N)c1OC. The fraction of sp³-hybridized carbons (Fsp3) is 0.583. The quantitative estimate of drug-likeness (QED) is 0.743. The Morgan fingerprint density at radius 1 is 1.42 bits per heavy atom. The number of methoxy groups -OCH3 is 2. The predicted molar refractivity (Wildman–Crippen MR) is 78.3 cm³/mol. The average molecular weight is 287 g/mol. The van der Waals surface area contributed by atoms with E-state index in [9.17, 15) is 4.79 Å². The third kappa shape index (κ3) is 3.74. The number of amides is 1. The molecule has 19 heavy (non-hydrogen) atoms. The van der Waals surface area contributed by atoms with Crippen molar-refractivity contribution in [2.75, 3.05) is 52.5 Å². The Labute approximate surface area is 117 Å². The van der Waals surface area contributed by atoms with Crippen molar-refractivity contribution in [2.24, 2.45) is 0 Å². The highest BCUT2D eigenvalue weighted by Crippen LogP contribution is 2.42. The molecular weight excluding hydrogens is 266 g/mol. The standard InChI is InChI=1S/C12H21N3O3S/c1-15(2)12(16)10-8(13)9(18-4)11(19-10)14-6-5-7-17-3/h14H,5-7,13H2,1-4H3. The molecule has 1 aromatic rings. The lowest BCUT2D eigenvalue weighted by Gasteiger charge is -2.08. The van der Waals surface area contributed by atoms with Crippen molar-refractivity contribution < 1.29 is 14.3 Å². The Bertz CT molecular complexity index is 432. The van der Waals surface area contributed by atoms with Gasteiger partial charge in [-0.25, -0.2) is 0 Å². The number of ether oxygens (including phenoxy) is 2. The number of hydrogen-bond acceptors (Lipinski definition) is 6. The van der Waals surface area contributed by atoms with Crippen molar-refractivity contribution in [1.29, 1.82) is 0 Å². The summed E-state index contributed by atoms with van der Waals surface area (Å²) in [6.07, 6.45) is 0.869. The first-order valence-corrected chi connectivity index (χ1v) is 6.75. The lowest BCUT2D eigenvalue weighted by molar-refractivity contribution is 0.0833. The molecule has 0 bridgehead atoms. The number of nitrogens with two attached hydrogens (primary N) is 1. The van der Waals surface area contributed by atoms with Crippen LogP contribution in [0.3, 0.4) is 0 Å². The number of rotatable bonds is 7. The van der Waals surface area contributed by atoms with Crippen molar-refractivity contribution in [1.82, 2.24) is 4.90 Å².